The van der Waals surface area contributed by atoms with Crippen LogP contribution < -0.4 is 0 Å². The Morgan fingerprint density at radius 3 is 1.62 bits per heavy atom. The third-order valence-corrected chi connectivity index (χ3v) is 3.42. The summed E-state index contributed by atoms with van der Waals surface area (Å²) in [6.45, 7) is 14.0. The van der Waals surface area contributed by atoms with Gasteiger partial charge in [0.1, 0.15) is 0 Å². The lowest BCUT2D eigenvalue weighted by molar-refractivity contribution is 0.0322. The molecule has 0 aliphatic rings. The van der Waals surface area contributed by atoms with Crippen LogP contribution in [-0.2, 0) is 9.47 Å². The topological polar surface area (TPSA) is 52.6 Å². The van der Waals surface area contributed by atoms with E-state index in [1.54, 1.807) is 13.0 Å². The van der Waals surface area contributed by atoms with Crippen molar-refractivity contribution in [3.05, 3.63) is 33.8 Å². The van der Waals surface area contributed by atoms with Crippen molar-refractivity contribution in [3.63, 3.8) is 0 Å². The molecule has 0 aliphatic heterocycles. The third-order valence-electron chi connectivity index (χ3n) is 3.01. The molecule has 0 aromatic heterocycles. The van der Waals surface area contributed by atoms with Crippen molar-refractivity contribution >= 4 is 23.5 Å². The number of ether oxygens (including phenoxy) is 2. The number of halogens is 1. The quantitative estimate of drug-likeness (QED) is 0.709. The number of hydrogen-bond acceptors (Lipinski definition) is 4. The van der Waals surface area contributed by atoms with Crippen LogP contribution in [0.5, 0.6) is 0 Å². The molecule has 0 fully saturated rings. The van der Waals surface area contributed by atoms with Gasteiger partial charge in [-0.3, -0.25) is 0 Å². The van der Waals surface area contributed by atoms with E-state index in [2.05, 4.69) is 0 Å². The summed E-state index contributed by atoms with van der Waals surface area (Å²) in [7, 11) is 0. The molecule has 0 saturated heterocycles. The average Bonchev–Trinajstić information content (AvgIpc) is 2.43. The maximum Gasteiger partial charge on any atom is 0.339 e. The zero-order valence-corrected chi connectivity index (χ0v) is 16.3. The minimum atomic E-state index is -0.575. The van der Waals surface area contributed by atoms with Crippen molar-refractivity contribution in [2.24, 2.45) is 10.8 Å². The molecule has 0 atom stereocenters. The standard InChI is InChI=1S/C19H27ClO4/c1-12-8-13(16(21)23-10-18(2,3)4)14(9-15(12)20)17(22)24-11-19(5,6)7/h8-9H,10-11H2,1-7H3. The van der Waals surface area contributed by atoms with E-state index in [0.29, 0.717) is 10.6 Å². The van der Waals surface area contributed by atoms with Crippen LogP contribution in [-0.4, -0.2) is 25.2 Å². The molecule has 0 bridgehead atoms. The number of hydrogen-bond donors (Lipinski definition) is 0. The molecule has 0 saturated carbocycles. The first kappa shape index (κ1) is 20.5. The van der Waals surface area contributed by atoms with Gasteiger partial charge in [-0.15, -0.1) is 0 Å². The summed E-state index contributed by atoms with van der Waals surface area (Å²) in [6, 6.07) is 3.04. The third kappa shape index (κ3) is 6.52. The molecule has 1 aromatic rings. The second-order valence-corrected chi connectivity index (χ2v) is 8.83. The summed E-state index contributed by atoms with van der Waals surface area (Å²) in [6.07, 6.45) is 0. The predicted octanol–water partition coefficient (Wildman–Crippen LogP) is 5.05. The molecule has 24 heavy (non-hydrogen) atoms. The summed E-state index contributed by atoms with van der Waals surface area (Å²) >= 11 is 6.11. The van der Waals surface area contributed by atoms with Crippen LogP contribution in [0.2, 0.25) is 5.02 Å². The molecule has 0 aliphatic carbocycles. The Morgan fingerprint density at radius 2 is 1.25 bits per heavy atom. The molecule has 1 rings (SSSR count). The predicted molar refractivity (Wildman–Crippen MR) is 95.7 cm³/mol. The lowest BCUT2D eigenvalue weighted by Crippen LogP contribution is -2.22. The van der Waals surface area contributed by atoms with Crippen molar-refractivity contribution < 1.29 is 19.1 Å². The number of aryl methyl sites for hydroxylation is 1. The second-order valence-electron chi connectivity index (χ2n) is 8.42. The Kier molecular flexibility index (Phi) is 6.45. The monoisotopic (exact) mass is 354 g/mol. The SMILES string of the molecule is Cc1cc(C(=O)OCC(C)(C)C)c(C(=O)OCC(C)(C)C)cc1Cl. The van der Waals surface area contributed by atoms with Crippen molar-refractivity contribution in [3.8, 4) is 0 Å². The zero-order chi connectivity index (χ0) is 18.7. The van der Waals surface area contributed by atoms with Crippen LogP contribution >= 0.6 is 11.6 Å². The van der Waals surface area contributed by atoms with Gasteiger partial charge in [-0.25, -0.2) is 9.59 Å². The molecule has 4 nitrogen and oxygen atoms in total. The summed E-state index contributed by atoms with van der Waals surface area (Å²) in [4.78, 5) is 24.8. The Morgan fingerprint density at radius 1 is 0.875 bits per heavy atom. The lowest BCUT2D eigenvalue weighted by atomic mass is 9.98. The molecular formula is C19H27ClO4. The Hall–Kier alpha value is -1.55. The molecule has 1 aromatic carbocycles. The Bertz CT molecular complexity index is 566. The maximum atomic E-state index is 12.4. The van der Waals surface area contributed by atoms with E-state index in [0.717, 1.165) is 0 Å². The van der Waals surface area contributed by atoms with Crippen LogP contribution in [0, 0.1) is 17.8 Å². The van der Waals surface area contributed by atoms with Crippen LogP contribution in [0.1, 0.15) is 67.8 Å². The number of esters is 2. The highest BCUT2D eigenvalue weighted by Crippen LogP contribution is 2.24. The number of rotatable bonds is 4. The number of carbonyl (C=O) groups is 2. The van der Waals surface area contributed by atoms with Gasteiger partial charge in [0, 0.05) is 5.02 Å². The van der Waals surface area contributed by atoms with Crippen molar-refractivity contribution in [1.29, 1.82) is 0 Å². The van der Waals surface area contributed by atoms with Gasteiger partial charge in [0.15, 0.2) is 0 Å². The fourth-order valence-corrected chi connectivity index (χ4v) is 1.90. The smallest absolute Gasteiger partial charge is 0.339 e. The molecule has 5 heteroatoms. The van der Waals surface area contributed by atoms with Gasteiger partial charge in [0.25, 0.3) is 0 Å². The van der Waals surface area contributed by atoms with Gasteiger partial charge in [0.05, 0.1) is 24.3 Å². The highest BCUT2D eigenvalue weighted by atomic mass is 35.5. The molecule has 134 valence electrons. The van der Waals surface area contributed by atoms with E-state index in [4.69, 9.17) is 21.1 Å². The van der Waals surface area contributed by atoms with Gasteiger partial charge in [-0.1, -0.05) is 53.1 Å². The van der Waals surface area contributed by atoms with Gasteiger partial charge in [0.2, 0.25) is 0 Å². The fourth-order valence-electron chi connectivity index (χ4n) is 1.74. The minimum Gasteiger partial charge on any atom is -0.462 e. The fraction of sp³-hybridized carbons (Fsp3) is 0.579. The van der Waals surface area contributed by atoms with E-state index in [1.807, 2.05) is 41.5 Å². The summed E-state index contributed by atoms with van der Waals surface area (Å²) in [5.74, 6) is -1.12. The maximum absolute atomic E-state index is 12.4. The Labute approximate surface area is 149 Å². The molecular weight excluding hydrogens is 328 g/mol. The van der Waals surface area contributed by atoms with Crippen LogP contribution in [0.25, 0.3) is 0 Å². The number of carbonyl (C=O) groups excluding carboxylic acids is 2. The molecule has 0 amide bonds. The van der Waals surface area contributed by atoms with Crippen molar-refractivity contribution in [1.82, 2.24) is 0 Å². The number of benzene rings is 1. The molecule has 0 spiro atoms. The first-order valence-electron chi connectivity index (χ1n) is 7.94. The largest absolute Gasteiger partial charge is 0.462 e. The van der Waals surface area contributed by atoms with Gasteiger partial charge < -0.3 is 9.47 Å². The van der Waals surface area contributed by atoms with E-state index in [1.165, 1.54) is 6.07 Å². The van der Waals surface area contributed by atoms with Crippen molar-refractivity contribution in [2.45, 2.75) is 48.5 Å². The van der Waals surface area contributed by atoms with Gasteiger partial charge >= 0.3 is 11.9 Å². The van der Waals surface area contributed by atoms with E-state index in [-0.39, 0.29) is 35.2 Å². The van der Waals surface area contributed by atoms with Crippen LogP contribution in [0.15, 0.2) is 12.1 Å². The first-order chi connectivity index (χ1) is 10.8. The zero-order valence-electron chi connectivity index (χ0n) is 15.6. The van der Waals surface area contributed by atoms with E-state index >= 15 is 0 Å². The first-order valence-corrected chi connectivity index (χ1v) is 8.32. The molecule has 0 heterocycles. The van der Waals surface area contributed by atoms with Crippen LogP contribution in [0.3, 0.4) is 0 Å². The molecule has 0 unspecified atom stereocenters. The highest BCUT2D eigenvalue weighted by molar-refractivity contribution is 6.32. The van der Waals surface area contributed by atoms with Gasteiger partial charge in [-0.05, 0) is 35.4 Å². The summed E-state index contributed by atoms with van der Waals surface area (Å²) in [5.41, 5.74) is 0.682. The van der Waals surface area contributed by atoms with E-state index in [9.17, 15) is 9.59 Å². The van der Waals surface area contributed by atoms with Crippen LogP contribution in [0.4, 0.5) is 0 Å². The second kappa shape index (κ2) is 7.56. The molecule has 0 N–H and O–H groups in total. The normalized spacial score (nSPS) is 12.0. The highest BCUT2D eigenvalue weighted by Gasteiger charge is 2.24. The summed E-state index contributed by atoms with van der Waals surface area (Å²) < 4.78 is 10.7. The lowest BCUT2D eigenvalue weighted by Gasteiger charge is -2.20. The summed E-state index contributed by atoms with van der Waals surface area (Å²) in [5, 5.41) is 0.407. The van der Waals surface area contributed by atoms with E-state index < -0.39 is 11.9 Å². The minimum absolute atomic E-state index is 0.133. The Balaban J connectivity index is 3.08. The molecule has 0 radical (unpaired) electrons. The van der Waals surface area contributed by atoms with Crippen molar-refractivity contribution in [2.75, 3.05) is 13.2 Å². The average molecular weight is 355 g/mol. The van der Waals surface area contributed by atoms with Gasteiger partial charge in [-0.2, -0.15) is 0 Å².